The zero-order chi connectivity index (χ0) is 14.7. The van der Waals surface area contributed by atoms with E-state index in [4.69, 9.17) is 0 Å². The first-order chi connectivity index (χ1) is 10.3. The number of aryl methyl sites for hydroxylation is 1. The molecule has 0 aliphatic carbocycles. The third-order valence-electron chi connectivity index (χ3n) is 3.57. The van der Waals surface area contributed by atoms with Gasteiger partial charge in [-0.2, -0.15) is 5.26 Å². The smallest absolute Gasteiger partial charge is 0.0998 e. The van der Waals surface area contributed by atoms with Crippen LogP contribution in [-0.2, 0) is 0 Å². The molecule has 0 spiro atoms. The Bertz CT molecular complexity index is 861. The molecule has 0 atom stereocenters. The molecular weight excluding hydrogens is 254 g/mol. The van der Waals surface area contributed by atoms with Crippen molar-refractivity contribution < 1.29 is 0 Å². The monoisotopic (exact) mass is 269 g/mol. The number of benzene rings is 3. The van der Waals surface area contributed by atoms with Gasteiger partial charge in [-0.1, -0.05) is 72.3 Å². The van der Waals surface area contributed by atoms with Crippen LogP contribution in [0.3, 0.4) is 0 Å². The van der Waals surface area contributed by atoms with E-state index in [-0.39, 0.29) is 0 Å². The summed E-state index contributed by atoms with van der Waals surface area (Å²) in [7, 11) is 0. The molecule has 0 unspecified atom stereocenters. The molecule has 3 aromatic rings. The van der Waals surface area contributed by atoms with Crippen molar-refractivity contribution in [1.82, 2.24) is 0 Å². The van der Waals surface area contributed by atoms with Gasteiger partial charge in [0.15, 0.2) is 0 Å². The van der Waals surface area contributed by atoms with Crippen LogP contribution < -0.4 is 0 Å². The zero-order valence-electron chi connectivity index (χ0n) is 11.9. The number of hydrogen-bond acceptors (Lipinski definition) is 1. The van der Waals surface area contributed by atoms with Gasteiger partial charge < -0.3 is 0 Å². The minimum absolute atomic E-state index is 0.690. The average molecular weight is 269 g/mol. The summed E-state index contributed by atoms with van der Waals surface area (Å²) < 4.78 is 0. The molecule has 0 amide bonds. The molecule has 0 aliphatic heterocycles. The molecular formula is C20H15N. The van der Waals surface area contributed by atoms with Crippen LogP contribution in [0, 0.1) is 18.3 Å². The molecule has 0 N–H and O–H groups in total. The number of nitriles is 1. The van der Waals surface area contributed by atoms with Gasteiger partial charge in [-0.15, -0.1) is 0 Å². The Hall–Kier alpha value is -2.85. The quantitative estimate of drug-likeness (QED) is 0.462. The van der Waals surface area contributed by atoms with Gasteiger partial charge in [-0.3, -0.25) is 0 Å². The highest BCUT2D eigenvalue weighted by Gasteiger charge is 2.03. The minimum Gasteiger partial charge on any atom is -0.192 e. The van der Waals surface area contributed by atoms with Gasteiger partial charge in [-0.05, 0) is 34.9 Å². The van der Waals surface area contributed by atoms with E-state index in [1.807, 2.05) is 55.5 Å². The maximum absolute atomic E-state index is 9.49. The molecule has 0 fully saturated rings. The van der Waals surface area contributed by atoms with Gasteiger partial charge in [0.05, 0.1) is 11.6 Å². The van der Waals surface area contributed by atoms with Crippen LogP contribution in [0.5, 0.6) is 0 Å². The summed E-state index contributed by atoms with van der Waals surface area (Å²) in [4.78, 5) is 0. The van der Waals surface area contributed by atoms with Crippen LogP contribution in [0.25, 0.3) is 22.4 Å². The number of allylic oxidation sites excluding steroid dienone is 1. The molecule has 0 saturated carbocycles. The minimum atomic E-state index is 0.690. The number of hydrogen-bond donors (Lipinski definition) is 0. The molecule has 0 radical (unpaired) electrons. The lowest BCUT2D eigenvalue weighted by Gasteiger charge is -2.04. The summed E-state index contributed by atoms with van der Waals surface area (Å²) in [5.74, 6) is 0. The van der Waals surface area contributed by atoms with Gasteiger partial charge in [-0.25, -0.2) is 0 Å². The van der Waals surface area contributed by atoms with E-state index in [0.29, 0.717) is 5.57 Å². The van der Waals surface area contributed by atoms with E-state index in [1.165, 1.54) is 10.8 Å². The Kier molecular flexibility index (Phi) is 3.53. The third kappa shape index (κ3) is 2.70. The largest absolute Gasteiger partial charge is 0.192 e. The lowest BCUT2D eigenvalue weighted by molar-refractivity contribution is 1.45. The molecule has 0 saturated heterocycles. The molecule has 0 aromatic heterocycles. The van der Waals surface area contributed by atoms with Crippen molar-refractivity contribution in [3.63, 3.8) is 0 Å². The summed E-state index contributed by atoms with van der Waals surface area (Å²) in [5, 5.41) is 11.8. The van der Waals surface area contributed by atoms with Crippen LogP contribution in [0.15, 0.2) is 66.7 Å². The number of nitrogens with zero attached hydrogens (tertiary/aromatic N) is 1. The van der Waals surface area contributed by atoms with E-state index < -0.39 is 0 Å². The Morgan fingerprint density at radius 1 is 0.952 bits per heavy atom. The summed E-state index contributed by atoms with van der Waals surface area (Å²) in [6.45, 7) is 2.04. The fraction of sp³-hybridized carbons (Fsp3) is 0.0500. The maximum Gasteiger partial charge on any atom is 0.0998 e. The predicted molar refractivity (Wildman–Crippen MR) is 88.6 cm³/mol. The second-order valence-electron chi connectivity index (χ2n) is 5.11. The SMILES string of the molecule is Cc1cccc(/C(C#N)=C\c2cccc3ccccc23)c1. The van der Waals surface area contributed by atoms with E-state index in [0.717, 1.165) is 16.7 Å². The summed E-state index contributed by atoms with van der Waals surface area (Å²) in [5.41, 5.74) is 3.89. The first kappa shape index (κ1) is 13.1. The van der Waals surface area contributed by atoms with Crippen LogP contribution in [0.4, 0.5) is 0 Å². The van der Waals surface area contributed by atoms with Gasteiger partial charge in [0.2, 0.25) is 0 Å². The molecule has 1 nitrogen and oxygen atoms in total. The van der Waals surface area contributed by atoms with Crippen LogP contribution in [0.1, 0.15) is 16.7 Å². The molecule has 1 heteroatoms. The van der Waals surface area contributed by atoms with Crippen LogP contribution in [0.2, 0.25) is 0 Å². The molecule has 100 valence electrons. The molecule has 3 aromatic carbocycles. The normalized spacial score (nSPS) is 11.3. The Labute approximate surface area is 124 Å². The Morgan fingerprint density at radius 2 is 1.71 bits per heavy atom. The van der Waals surface area contributed by atoms with Crippen LogP contribution in [-0.4, -0.2) is 0 Å². The van der Waals surface area contributed by atoms with Gasteiger partial charge in [0.25, 0.3) is 0 Å². The third-order valence-corrected chi connectivity index (χ3v) is 3.57. The van der Waals surface area contributed by atoms with E-state index in [9.17, 15) is 5.26 Å². The van der Waals surface area contributed by atoms with Gasteiger partial charge >= 0.3 is 0 Å². The first-order valence-corrected chi connectivity index (χ1v) is 6.94. The second-order valence-corrected chi connectivity index (χ2v) is 5.11. The summed E-state index contributed by atoms with van der Waals surface area (Å²) in [6.07, 6.45) is 1.97. The number of rotatable bonds is 2. The summed E-state index contributed by atoms with van der Waals surface area (Å²) >= 11 is 0. The van der Waals surface area contributed by atoms with Crippen molar-refractivity contribution >= 4 is 22.4 Å². The van der Waals surface area contributed by atoms with Crippen molar-refractivity contribution in [3.05, 3.63) is 83.4 Å². The second kappa shape index (κ2) is 5.64. The Balaban J connectivity index is 2.16. The summed E-state index contributed by atoms with van der Waals surface area (Å²) in [6, 6.07) is 24.8. The molecule has 3 rings (SSSR count). The lowest BCUT2D eigenvalue weighted by Crippen LogP contribution is -1.84. The van der Waals surface area contributed by atoms with Gasteiger partial charge in [0.1, 0.15) is 0 Å². The van der Waals surface area contributed by atoms with Crippen molar-refractivity contribution in [1.29, 1.82) is 5.26 Å². The van der Waals surface area contributed by atoms with Crippen molar-refractivity contribution in [2.45, 2.75) is 6.92 Å². The van der Waals surface area contributed by atoms with Crippen molar-refractivity contribution in [3.8, 4) is 6.07 Å². The first-order valence-electron chi connectivity index (χ1n) is 6.94. The standard InChI is InChI=1S/C20H15N/c1-15-6-4-9-17(12-15)19(14-21)13-18-10-5-8-16-7-2-3-11-20(16)18/h2-13H,1H3/b19-13-. The molecule has 21 heavy (non-hydrogen) atoms. The van der Waals surface area contributed by atoms with Crippen LogP contribution >= 0.6 is 0 Å². The zero-order valence-corrected chi connectivity index (χ0v) is 11.9. The fourth-order valence-corrected chi connectivity index (χ4v) is 2.52. The fourth-order valence-electron chi connectivity index (χ4n) is 2.52. The van der Waals surface area contributed by atoms with E-state index in [1.54, 1.807) is 0 Å². The highest BCUT2D eigenvalue weighted by molar-refractivity contribution is 5.98. The average Bonchev–Trinajstić information content (AvgIpc) is 2.52. The van der Waals surface area contributed by atoms with E-state index >= 15 is 0 Å². The predicted octanol–water partition coefficient (Wildman–Crippen LogP) is 5.21. The highest BCUT2D eigenvalue weighted by atomic mass is 14.2. The highest BCUT2D eigenvalue weighted by Crippen LogP contribution is 2.24. The molecule has 0 heterocycles. The van der Waals surface area contributed by atoms with Crippen molar-refractivity contribution in [2.24, 2.45) is 0 Å². The Morgan fingerprint density at radius 3 is 2.52 bits per heavy atom. The topological polar surface area (TPSA) is 23.8 Å². The number of fused-ring (bicyclic) bond motifs is 1. The molecule has 0 bridgehead atoms. The van der Waals surface area contributed by atoms with Gasteiger partial charge in [0, 0.05) is 0 Å². The maximum atomic E-state index is 9.49. The molecule has 0 aliphatic rings. The van der Waals surface area contributed by atoms with Crippen molar-refractivity contribution in [2.75, 3.05) is 0 Å². The lowest BCUT2D eigenvalue weighted by atomic mass is 9.99. The van der Waals surface area contributed by atoms with E-state index in [2.05, 4.69) is 30.3 Å².